The highest BCUT2D eigenvalue weighted by Gasteiger charge is 2.31. The molecule has 164 valence electrons. The zero-order valence-electron chi connectivity index (χ0n) is 16.2. The van der Waals surface area contributed by atoms with Gasteiger partial charge in [0.15, 0.2) is 10.3 Å². The summed E-state index contributed by atoms with van der Waals surface area (Å²) in [5.41, 5.74) is 2.19. The minimum Gasteiger partial charge on any atom is -0.406 e. The second-order valence-corrected chi connectivity index (χ2v) is 8.18. The Balaban J connectivity index is 1.61. The van der Waals surface area contributed by atoms with Crippen molar-refractivity contribution in [3.8, 4) is 22.7 Å². The summed E-state index contributed by atoms with van der Waals surface area (Å²) in [5, 5.41) is 5.48. The van der Waals surface area contributed by atoms with Crippen molar-refractivity contribution >= 4 is 34.1 Å². The topological polar surface area (TPSA) is 69.0 Å². The molecule has 0 saturated heterocycles. The van der Waals surface area contributed by atoms with Gasteiger partial charge < -0.3 is 10.1 Å². The summed E-state index contributed by atoms with van der Waals surface area (Å²) in [5.74, 6) is -0.477. The lowest BCUT2D eigenvalue weighted by Gasteiger charge is -2.14. The quantitative estimate of drug-likeness (QED) is 0.351. The summed E-state index contributed by atoms with van der Waals surface area (Å²) in [6.07, 6.45) is -1.51. The predicted octanol–water partition coefficient (Wildman–Crippen LogP) is 5.63. The summed E-state index contributed by atoms with van der Waals surface area (Å²) in [6, 6.07) is 14.9. The fourth-order valence-electron chi connectivity index (χ4n) is 2.87. The van der Waals surface area contributed by atoms with Gasteiger partial charge in [-0.3, -0.25) is 9.36 Å². The molecular weight excluding hydrogens is 461 g/mol. The summed E-state index contributed by atoms with van der Waals surface area (Å²) < 4.78 is 43.2. The number of alkyl halides is 3. The van der Waals surface area contributed by atoms with Crippen molar-refractivity contribution in [1.82, 2.24) is 14.5 Å². The van der Waals surface area contributed by atoms with Crippen molar-refractivity contribution in [1.29, 1.82) is 0 Å². The highest BCUT2D eigenvalue weighted by atomic mass is 32.2. The zero-order valence-corrected chi connectivity index (χ0v) is 17.9. The van der Waals surface area contributed by atoms with Crippen molar-refractivity contribution in [3.63, 3.8) is 0 Å². The number of benzene rings is 2. The number of ether oxygens (including phenoxy) is 1. The fourth-order valence-corrected chi connectivity index (χ4v) is 4.20. The number of amides is 1. The number of hydrogen-bond donors (Lipinski definition) is 1. The van der Waals surface area contributed by atoms with E-state index in [1.54, 1.807) is 22.3 Å². The van der Waals surface area contributed by atoms with Gasteiger partial charge in [0.05, 0.1) is 17.6 Å². The molecule has 0 fully saturated rings. The third kappa shape index (κ3) is 5.48. The van der Waals surface area contributed by atoms with E-state index < -0.39 is 6.36 Å². The van der Waals surface area contributed by atoms with Crippen molar-refractivity contribution < 1.29 is 22.7 Å². The summed E-state index contributed by atoms with van der Waals surface area (Å²) in [7, 11) is 0. The fraction of sp³-hybridized carbons (Fsp3) is 0.0952. The first-order valence-electron chi connectivity index (χ1n) is 9.20. The molecule has 0 atom stereocenters. The van der Waals surface area contributed by atoms with Gasteiger partial charge in [0.25, 0.3) is 0 Å². The lowest BCUT2D eigenvalue weighted by molar-refractivity contribution is -0.274. The molecule has 1 amide bonds. The second-order valence-electron chi connectivity index (χ2n) is 6.34. The Morgan fingerprint density at radius 2 is 1.84 bits per heavy atom. The van der Waals surface area contributed by atoms with Gasteiger partial charge in [-0.25, -0.2) is 9.97 Å². The molecule has 0 bridgehead atoms. The van der Waals surface area contributed by atoms with Crippen LogP contribution in [0.15, 0.2) is 77.5 Å². The van der Waals surface area contributed by atoms with Crippen LogP contribution in [0, 0.1) is 0 Å². The van der Waals surface area contributed by atoms with Gasteiger partial charge in [-0.05, 0) is 24.3 Å². The Bertz CT molecular complexity index is 1180. The molecule has 0 spiro atoms. The molecule has 0 aliphatic heterocycles. The van der Waals surface area contributed by atoms with E-state index in [1.165, 1.54) is 47.4 Å². The molecule has 0 aliphatic rings. The van der Waals surface area contributed by atoms with Gasteiger partial charge in [-0.15, -0.1) is 24.5 Å². The number of thioether (sulfide) groups is 1. The number of imidazole rings is 1. The highest BCUT2D eigenvalue weighted by molar-refractivity contribution is 7.99. The minimum atomic E-state index is -4.77. The van der Waals surface area contributed by atoms with E-state index in [2.05, 4.69) is 20.0 Å². The van der Waals surface area contributed by atoms with Crippen LogP contribution in [0.3, 0.4) is 0 Å². The van der Waals surface area contributed by atoms with Crippen LogP contribution in [0.5, 0.6) is 5.75 Å². The van der Waals surface area contributed by atoms with Gasteiger partial charge in [-0.2, -0.15) is 0 Å². The second kappa shape index (κ2) is 9.45. The van der Waals surface area contributed by atoms with E-state index in [4.69, 9.17) is 0 Å². The number of carbonyl (C=O) groups excluding carboxylic acids is 1. The largest absolute Gasteiger partial charge is 0.573 e. The normalized spacial score (nSPS) is 11.3. The molecule has 0 aliphatic carbocycles. The predicted molar refractivity (Wildman–Crippen MR) is 117 cm³/mol. The van der Waals surface area contributed by atoms with Gasteiger partial charge in [0.1, 0.15) is 5.75 Å². The van der Waals surface area contributed by atoms with Crippen LogP contribution in [0.25, 0.3) is 16.9 Å². The molecule has 0 saturated carbocycles. The monoisotopic (exact) mass is 476 g/mol. The smallest absolute Gasteiger partial charge is 0.406 e. The van der Waals surface area contributed by atoms with Gasteiger partial charge >= 0.3 is 6.36 Å². The van der Waals surface area contributed by atoms with Crippen LogP contribution in [0.1, 0.15) is 0 Å². The standard InChI is InChI=1S/C21H15F3N4O2S2/c22-21(23,24)30-16-8-6-15(7-9-16)28-17(14-4-2-1-3-5-14)12-26-20(28)32-13-18(29)27-19-25-10-11-31-19/h1-12H,13H2,(H,25,27,29). The van der Waals surface area contributed by atoms with Gasteiger partial charge in [0, 0.05) is 22.8 Å². The number of nitrogens with zero attached hydrogens (tertiary/aromatic N) is 3. The van der Waals surface area contributed by atoms with Gasteiger partial charge in [-0.1, -0.05) is 42.1 Å². The molecule has 1 N–H and O–H groups in total. The third-order valence-electron chi connectivity index (χ3n) is 4.14. The Hall–Kier alpha value is -3.31. The maximum absolute atomic E-state index is 12.5. The maximum atomic E-state index is 12.5. The number of halogens is 3. The molecule has 2 heterocycles. The number of anilines is 1. The molecular formula is C21H15F3N4O2S2. The number of thiazole rings is 1. The average Bonchev–Trinajstić information content (AvgIpc) is 3.42. The summed E-state index contributed by atoms with van der Waals surface area (Å²) in [4.78, 5) is 20.7. The third-order valence-corrected chi connectivity index (χ3v) is 5.78. The van der Waals surface area contributed by atoms with Crippen molar-refractivity contribution in [2.45, 2.75) is 11.5 Å². The molecule has 6 nitrogen and oxygen atoms in total. The lowest BCUT2D eigenvalue weighted by atomic mass is 10.1. The zero-order chi connectivity index (χ0) is 22.6. The molecule has 0 radical (unpaired) electrons. The first-order valence-corrected chi connectivity index (χ1v) is 11.1. The van der Waals surface area contributed by atoms with Crippen LogP contribution in [-0.4, -0.2) is 32.6 Å². The Morgan fingerprint density at radius 3 is 2.50 bits per heavy atom. The van der Waals surface area contributed by atoms with E-state index in [0.29, 0.717) is 16.0 Å². The van der Waals surface area contributed by atoms with E-state index in [9.17, 15) is 18.0 Å². The summed E-state index contributed by atoms with van der Waals surface area (Å²) in [6.45, 7) is 0. The van der Waals surface area contributed by atoms with Crippen molar-refractivity contribution in [2.75, 3.05) is 11.1 Å². The Labute approximate surface area is 189 Å². The number of rotatable bonds is 7. The first kappa shape index (κ1) is 21.9. The van der Waals surface area contributed by atoms with Crippen LogP contribution < -0.4 is 10.1 Å². The van der Waals surface area contributed by atoms with E-state index in [1.807, 2.05) is 30.3 Å². The van der Waals surface area contributed by atoms with E-state index in [0.717, 1.165) is 11.3 Å². The van der Waals surface area contributed by atoms with Crippen LogP contribution in [-0.2, 0) is 4.79 Å². The number of carbonyl (C=O) groups is 1. The summed E-state index contributed by atoms with van der Waals surface area (Å²) >= 11 is 2.52. The molecule has 32 heavy (non-hydrogen) atoms. The number of nitrogens with one attached hydrogen (secondary N) is 1. The number of hydrogen-bond acceptors (Lipinski definition) is 6. The molecule has 2 aromatic carbocycles. The average molecular weight is 477 g/mol. The van der Waals surface area contributed by atoms with Crippen LogP contribution >= 0.6 is 23.1 Å². The van der Waals surface area contributed by atoms with Crippen LogP contribution in [0.2, 0.25) is 0 Å². The molecule has 2 aromatic heterocycles. The van der Waals surface area contributed by atoms with Crippen molar-refractivity contribution in [2.24, 2.45) is 0 Å². The number of aromatic nitrogens is 3. The minimum absolute atomic E-state index is 0.0834. The SMILES string of the molecule is O=C(CSc1ncc(-c2ccccc2)n1-c1ccc(OC(F)(F)F)cc1)Nc1nccs1. The van der Waals surface area contributed by atoms with E-state index in [-0.39, 0.29) is 17.4 Å². The lowest BCUT2D eigenvalue weighted by Crippen LogP contribution is -2.17. The van der Waals surface area contributed by atoms with E-state index >= 15 is 0 Å². The molecule has 4 aromatic rings. The van der Waals surface area contributed by atoms with Crippen molar-refractivity contribution in [3.05, 3.63) is 72.4 Å². The van der Waals surface area contributed by atoms with Crippen LogP contribution in [0.4, 0.5) is 18.3 Å². The first-order chi connectivity index (χ1) is 15.4. The Kier molecular flexibility index (Phi) is 6.47. The highest BCUT2D eigenvalue weighted by Crippen LogP contribution is 2.31. The Morgan fingerprint density at radius 1 is 1.09 bits per heavy atom. The molecule has 4 rings (SSSR count). The molecule has 0 unspecified atom stereocenters. The molecule has 11 heteroatoms. The maximum Gasteiger partial charge on any atom is 0.573 e. The van der Waals surface area contributed by atoms with Gasteiger partial charge in [0.2, 0.25) is 5.91 Å².